The van der Waals surface area contributed by atoms with Gasteiger partial charge in [-0.1, -0.05) is 30.9 Å². The van der Waals surface area contributed by atoms with E-state index in [0.717, 1.165) is 12.0 Å². The molecule has 0 aromatic rings. The molecule has 0 atom stereocenters. The number of primary amides is 1. The molecule has 0 aromatic heterocycles. The van der Waals surface area contributed by atoms with Gasteiger partial charge in [0.15, 0.2) is 0 Å². The number of rotatable bonds is 5. The van der Waals surface area contributed by atoms with Crippen LogP contribution in [0.15, 0.2) is 36.5 Å². The molecule has 0 aliphatic heterocycles. The molecule has 0 bridgehead atoms. The lowest BCUT2D eigenvalue weighted by Gasteiger charge is -2.01. The number of urea groups is 1. The van der Waals surface area contributed by atoms with Gasteiger partial charge in [0, 0.05) is 6.54 Å². The molecular formula is C10H16N2O. The molecule has 0 saturated heterocycles. The fourth-order valence-corrected chi connectivity index (χ4v) is 0.918. The molecule has 0 rings (SSSR count). The Labute approximate surface area is 79.0 Å². The molecule has 3 heteroatoms. The fourth-order valence-electron chi connectivity index (χ4n) is 0.918. The van der Waals surface area contributed by atoms with Gasteiger partial charge in [-0.3, -0.25) is 0 Å². The van der Waals surface area contributed by atoms with Crippen molar-refractivity contribution in [3.05, 3.63) is 36.5 Å². The van der Waals surface area contributed by atoms with Crippen molar-refractivity contribution in [1.29, 1.82) is 0 Å². The third-order valence-electron chi connectivity index (χ3n) is 1.43. The lowest BCUT2D eigenvalue weighted by molar-refractivity contribution is 0.249. The zero-order valence-corrected chi connectivity index (χ0v) is 7.92. The molecule has 72 valence electrons. The van der Waals surface area contributed by atoms with Crippen LogP contribution in [0.2, 0.25) is 0 Å². The second-order valence-corrected chi connectivity index (χ2v) is 2.52. The smallest absolute Gasteiger partial charge is 0.312 e. The van der Waals surface area contributed by atoms with E-state index >= 15 is 0 Å². The molecule has 0 saturated carbocycles. The number of nitrogens with two attached hydrogens (primary N) is 1. The molecule has 3 N–H and O–H groups in total. The van der Waals surface area contributed by atoms with E-state index in [1.54, 1.807) is 6.08 Å². The number of hydrogen-bond donors (Lipinski definition) is 2. The summed E-state index contributed by atoms with van der Waals surface area (Å²) >= 11 is 0. The van der Waals surface area contributed by atoms with Crippen molar-refractivity contribution in [2.45, 2.75) is 13.3 Å². The number of nitrogens with one attached hydrogen (secondary N) is 1. The molecule has 13 heavy (non-hydrogen) atoms. The van der Waals surface area contributed by atoms with Crippen molar-refractivity contribution in [1.82, 2.24) is 5.32 Å². The van der Waals surface area contributed by atoms with E-state index in [1.165, 1.54) is 0 Å². The Bertz CT molecular complexity index is 229. The molecule has 2 amide bonds. The second-order valence-electron chi connectivity index (χ2n) is 2.52. The normalized spacial score (nSPS) is 11.6. The molecule has 3 nitrogen and oxygen atoms in total. The van der Waals surface area contributed by atoms with Crippen molar-refractivity contribution < 1.29 is 4.79 Å². The minimum Gasteiger partial charge on any atom is -0.352 e. The van der Waals surface area contributed by atoms with E-state index in [4.69, 9.17) is 5.73 Å². The Hall–Kier alpha value is -1.51. The van der Waals surface area contributed by atoms with Crippen LogP contribution >= 0.6 is 0 Å². The van der Waals surface area contributed by atoms with Crippen LogP contribution in [0.1, 0.15) is 13.3 Å². The molecule has 0 aromatic carbocycles. The summed E-state index contributed by atoms with van der Waals surface area (Å²) in [5, 5.41) is 2.52. The van der Waals surface area contributed by atoms with Crippen LogP contribution in [0.5, 0.6) is 0 Å². The van der Waals surface area contributed by atoms with Crippen LogP contribution in [0.25, 0.3) is 0 Å². The molecule has 0 radical (unpaired) electrons. The number of hydrogen-bond acceptors (Lipinski definition) is 1. The van der Waals surface area contributed by atoms with E-state index in [0.29, 0.717) is 6.54 Å². The Morgan fingerprint density at radius 1 is 1.62 bits per heavy atom. The lowest BCUT2D eigenvalue weighted by atomic mass is 10.1. The van der Waals surface area contributed by atoms with Gasteiger partial charge in [-0.15, -0.1) is 0 Å². The first kappa shape index (κ1) is 11.5. The largest absolute Gasteiger partial charge is 0.352 e. The summed E-state index contributed by atoms with van der Waals surface area (Å²) in [6, 6.07) is -0.488. The highest BCUT2D eigenvalue weighted by Gasteiger charge is 1.93. The van der Waals surface area contributed by atoms with E-state index in [2.05, 4.69) is 11.9 Å². The highest BCUT2D eigenvalue weighted by molar-refractivity contribution is 5.71. The highest BCUT2D eigenvalue weighted by Crippen LogP contribution is 2.02. The van der Waals surface area contributed by atoms with Crippen LogP contribution in [-0.2, 0) is 0 Å². The third-order valence-corrected chi connectivity index (χ3v) is 1.43. The molecule has 0 aliphatic carbocycles. The molecule has 0 heterocycles. The van der Waals surface area contributed by atoms with Crippen molar-refractivity contribution in [3.63, 3.8) is 0 Å². The van der Waals surface area contributed by atoms with Gasteiger partial charge in [0.25, 0.3) is 0 Å². The number of amides is 2. The van der Waals surface area contributed by atoms with Crippen LogP contribution in [-0.4, -0.2) is 12.6 Å². The van der Waals surface area contributed by atoms with E-state index in [9.17, 15) is 4.79 Å². The molecule has 0 aliphatic rings. The first-order valence-electron chi connectivity index (χ1n) is 4.18. The van der Waals surface area contributed by atoms with Gasteiger partial charge in [-0.25, -0.2) is 4.79 Å². The minimum atomic E-state index is -0.488. The standard InChI is InChI=1S/C10H16N2O/c1-3-5-9(6-4-2)7-8-12-10(11)13/h3-6H,1,7-8H2,2H3,(H3,11,12,13)/b6-4-,9-5+. The van der Waals surface area contributed by atoms with Gasteiger partial charge in [0.05, 0.1) is 0 Å². The monoisotopic (exact) mass is 180 g/mol. The van der Waals surface area contributed by atoms with Gasteiger partial charge in [0.2, 0.25) is 0 Å². The summed E-state index contributed by atoms with van der Waals surface area (Å²) in [4.78, 5) is 10.4. The Morgan fingerprint density at radius 3 is 2.77 bits per heavy atom. The van der Waals surface area contributed by atoms with Crippen molar-refractivity contribution in [2.24, 2.45) is 5.73 Å². The molecule has 0 spiro atoms. The lowest BCUT2D eigenvalue weighted by Crippen LogP contribution is -2.30. The van der Waals surface area contributed by atoms with Crippen molar-refractivity contribution in [2.75, 3.05) is 6.54 Å². The van der Waals surface area contributed by atoms with Gasteiger partial charge in [0.1, 0.15) is 0 Å². The fraction of sp³-hybridized carbons (Fsp3) is 0.300. The maximum Gasteiger partial charge on any atom is 0.312 e. The van der Waals surface area contributed by atoms with Gasteiger partial charge < -0.3 is 11.1 Å². The van der Waals surface area contributed by atoms with Gasteiger partial charge >= 0.3 is 6.03 Å². The molecular weight excluding hydrogens is 164 g/mol. The summed E-state index contributed by atoms with van der Waals surface area (Å²) in [6.07, 6.45) is 8.31. The highest BCUT2D eigenvalue weighted by atomic mass is 16.2. The Morgan fingerprint density at radius 2 is 2.31 bits per heavy atom. The maximum absolute atomic E-state index is 10.4. The number of carbonyl (C=O) groups is 1. The Balaban J connectivity index is 3.90. The molecule has 0 unspecified atom stereocenters. The average molecular weight is 180 g/mol. The van der Waals surface area contributed by atoms with Crippen LogP contribution in [0, 0.1) is 0 Å². The van der Waals surface area contributed by atoms with E-state index < -0.39 is 6.03 Å². The topological polar surface area (TPSA) is 55.1 Å². The van der Waals surface area contributed by atoms with Crippen LogP contribution in [0.4, 0.5) is 4.79 Å². The SMILES string of the molecule is C=C/C=C(\C=C/C)CCNC(N)=O. The summed E-state index contributed by atoms with van der Waals surface area (Å²) in [5.41, 5.74) is 6.04. The maximum atomic E-state index is 10.4. The van der Waals surface area contributed by atoms with Crippen molar-refractivity contribution >= 4 is 6.03 Å². The summed E-state index contributed by atoms with van der Waals surface area (Å²) < 4.78 is 0. The number of carbonyl (C=O) groups excluding carboxylic acids is 1. The third kappa shape index (κ3) is 6.87. The average Bonchev–Trinajstić information content (AvgIpc) is 2.04. The summed E-state index contributed by atoms with van der Waals surface area (Å²) in [6.45, 7) is 6.10. The predicted molar refractivity (Wildman–Crippen MR) is 55.3 cm³/mol. The van der Waals surface area contributed by atoms with Crippen molar-refractivity contribution in [3.8, 4) is 0 Å². The van der Waals surface area contributed by atoms with E-state index in [-0.39, 0.29) is 0 Å². The minimum absolute atomic E-state index is 0.488. The van der Waals surface area contributed by atoms with Gasteiger partial charge in [-0.05, 0) is 18.9 Å². The Kier molecular flexibility index (Phi) is 6.32. The van der Waals surface area contributed by atoms with E-state index in [1.807, 2.05) is 25.2 Å². The zero-order valence-electron chi connectivity index (χ0n) is 7.92. The number of allylic oxidation sites excluding steroid dienone is 4. The van der Waals surface area contributed by atoms with Crippen LogP contribution in [0.3, 0.4) is 0 Å². The van der Waals surface area contributed by atoms with Crippen LogP contribution < -0.4 is 11.1 Å². The quantitative estimate of drug-likeness (QED) is 0.622. The van der Waals surface area contributed by atoms with Gasteiger partial charge in [-0.2, -0.15) is 0 Å². The first-order valence-corrected chi connectivity index (χ1v) is 4.18. The zero-order chi connectivity index (χ0) is 10.1. The summed E-state index contributed by atoms with van der Waals surface area (Å²) in [7, 11) is 0. The molecule has 0 fully saturated rings. The first-order chi connectivity index (χ1) is 6.20. The summed E-state index contributed by atoms with van der Waals surface area (Å²) in [5.74, 6) is 0. The second kappa shape index (κ2) is 7.16. The predicted octanol–water partition coefficient (Wildman–Crippen LogP) is 1.73.